The van der Waals surface area contributed by atoms with Crippen molar-refractivity contribution >= 4 is 33.2 Å². The Kier molecular flexibility index (Phi) is 14.0. The summed E-state index contributed by atoms with van der Waals surface area (Å²) in [5, 5.41) is 4.34. The van der Waals surface area contributed by atoms with E-state index in [1.165, 1.54) is 33.4 Å². The van der Waals surface area contributed by atoms with Crippen LogP contribution in [0.3, 0.4) is 0 Å². The van der Waals surface area contributed by atoms with Crippen LogP contribution in [0.5, 0.6) is 0 Å². The average molecular weight is 826 g/mol. The molecule has 59 heavy (non-hydrogen) atoms. The number of hydrogen-bond donors (Lipinski definition) is 0. The minimum atomic E-state index is 0. The maximum Gasteiger partial charge on any atom is 2.00 e. The maximum absolute atomic E-state index is 4.89. The summed E-state index contributed by atoms with van der Waals surface area (Å²) < 4.78 is 0. The van der Waals surface area contributed by atoms with Crippen molar-refractivity contribution in [2.75, 3.05) is 0 Å². The summed E-state index contributed by atoms with van der Waals surface area (Å²) in [6.07, 6.45) is 7.30. The summed E-state index contributed by atoms with van der Waals surface area (Å²) in [4.78, 5) is 27.6. The van der Waals surface area contributed by atoms with Crippen LogP contribution in [-0.2, 0) is 19.5 Å². The molecule has 0 saturated carbocycles. The molecule has 4 aromatic carbocycles. The molecule has 0 fully saturated rings. The standard InChI is InChI=1S/C34H40N3.C18H12N3.Zn/c1-21(2)27-11-9-12-28(22(3)4)33(27)25-15-17-35-31(19-25)37-32-20-26(16-18-36-32)34-29(23(5)6)13-10-14-30(34)24(7)8;1-3-7-15-13(5-1)9-11-19-17(15)21-18-16-8-4-2-6-14(16)10-12-20-18;/h9-24H,1-8H3;1-12H;/q2*-1;+2. The van der Waals surface area contributed by atoms with Crippen LogP contribution in [0.1, 0.15) is 101 Å². The van der Waals surface area contributed by atoms with Gasteiger partial charge in [0.1, 0.15) is 0 Å². The van der Waals surface area contributed by atoms with Gasteiger partial charge in [-0.1, -0.05) is 176 Å². The molecule has 4 aromatic heterocycles. The number of rotatable bonds is 8. The first-order chi connectivity index (χ1) is 28.1. The third-order valence-electron chi connectivity index (χ3n) is 10.6. The summed E-state index contributed by atoms with van der Waals surface area (Å²) in [5.41, 5.74) is 11.7. The van der Waals surface area contributed by atoms with E-state index in [2.05, 4.69) is 153 Å². The van der Waals surface area contributed by atoms with Crippen LogP contribution in [0, 0.1) is 0 Å². The van der Waals surface area contributed by atoms with Crippen molar-refractivity contribution < 1.29 is 19.5 Å². The van der Waals surface area contributed by atoms with Crippen LogP contribution < -0.4 is 20.9 Å². The van der Waals surface area contributed by atoms with Gasteiger partial charge >= 0.3 is 19.5 Å². The van der Waals surface area contributed by atoms with Gasteiger partial charge < -0.3 is 20.0 Å². The van der Waals surface area contributed by atoms with E-state index >= 15 is 0 Å². The molecule has 0 aliphatic heterocycles. The van der Waals surface area contributed by atoms with Gasteiger partial charge in [-0.25, -0.2) is 0 Å². The third-order valence-corrected chi connectivity index (χ3v) is 10.6. The molecule has 7 heteroatoms. The Morgan fingerprint density at radius 1 is 0.458 bits per heavy atom. The monoisotopic (exact) mass is 824 g/mol. The Morgan fingerprint density at radius 3 is 1.56 bits per heavy atom. The Hall–Kier alpha value is -5.78. The van der Waals surface area contributed by atoms with E-state index in [0.29, 0.717) is 46.3 Å². The maximum atomic E-state index is 4.89. The summed E-state index contributed by atoms with van der Waals surface area (Å²) in [6.45, 7) is 18.0. The molecule has 0 atom stereocenters. The molecule has 0 saturated heterocycles. The first-order valence-corrected chi connectivity index (χ1v) is 20.4. The second-order valence-corrected chi connectivity index (χ2v) is 16.0. The molecule has 0 radical (unpaired) electrons. The van der Waals surface area contributed by atoms with Crippen molar-refractivity contribution in [3.8, 4) is 22.3 Å². The number of fused-ring (bicyclic) bond motifs is 2. The zero-order valence-electron chi connectivity index (χ0n) is 35.6. The van der Waals surface area contributed by atoms with E-state index in [1.807, 2.05) is 60.9 Å². The molecule has 0 bridgehead atoms. The van der Waals surface area contributed by atoms with Crippen LogP contribution in [0.2, 0.25) is 0 Å². The fourth-order valence-electron chi connectivity index (χ4n) is 7.64. The number of pyridine rings is 4. The first kappa shape index (κ1) is 42.8. The van der Waals surface area contributed by atoms with Crippen molar-refractivity contribution in [2.45, 2.75) is 79.1 Å². The molecule has 0 amide bonds. The van der Waals surface area contributed by atoms with E-state index in [9.17, 15) is 0 Å². The molecule has 6 nitrogen and oxygen atoms in total. The molecule has 8 aromatic rings. The van der Waals surface area contributed by atoms with Gasteiger partial charge in [0.25, 0.3) is 0 Å². The Bertz CT molecular complexity index is 2760. The van der Waals surface area contributed by atoms with E-state index in [1.54, 1.807) is 12.4 Å². The number of aromatic nitrogens is 4. The Balaban J connectivity index is 0.000000224. The summed E-state index contributed by atoms with van der Waals surface area (Å²) in [6, 6.07) is 41.9. The van der Waals surface area contributed by atoms with Gasteiger partial charge in [0.15, 0.2) is 0 Å². The second kappa shape index (κ2) is 19.3. The smallest absolute Gasteiger partial charge is 0.443 e. The molecule has 292 valence electrons. The van der Waals surface area contributed by atoms with Gasteiger partial charge in [0, 0.05) is 17.8 Å². The molecule has 4 heterocycles. The molecule has 8 rings (SSSR count). The van der Waals surface area contributed by atoms with Crippen LogP contribution in [-0.4, -0.2) is 9.97 Å². The molecule has 0 N–H and O–H groups in total. The predicted octanol–water partition coefficient (Wildman–Crippen LogP) is 12.7. The van der Waals surface area contributed by atoms with Crippen LogP contribution >= 0.6 is 0 Å². The van der Waals surface area contributed by atoms with Crippen LogP contribution in [0.15, 0.2) is 156 Å². The second-order valence-electron chi connectivity index (χ2n) is 16.0. The quantitative estimate of drug-likeness (QED) is 0.143. The average Bonchev–Trinajstić information content (AvgIpc) is 3.23. The van der Waals surface area contributed by atoms with E-state index < -0.39 is 0 Å². The normalized spacial score (nSPS) is 12.1. The van der Waals surface area contributed by atoms with E-state index in [4.69, 9.17) is 4.99 Å². The largest absolute Gasteiger partial charge is 2.00 e. The van der Waals surface area contributed by atoms with Crippen molar-refractivity contribution in [2.24, 2.45) is 9.98 Å². The van der Waals surface area contributed by atoms with Gasteiger partial charge in [0.2, 0.25) is 0 Å². The zero-order chi connectivity index (χ0) is 40.8. The van der Waals surface area contributed by atoms with Gasteiger partial charge in [-0.3, -0.25) is 9.97 Å². The number of nitrogens with zero attached hydrogens (tertiary/aromatic N) is 6. The van der Waals surface area contributed by atoms with Crippen LogP contribution in [0.4, 0.5) is 11.6 Å². The fourth-order valence-corrected chi connectivity index (χ4v) is 7.64. The van der Waals surface area contributed by atoms with Gasteiger partial charge in [0.05, 0.1) is 11.6 Å². The van der Waals surface area contributed by atoms with Gasteiger partial charge in [-0.15, -0.1) is 0 Å². The molecule has 0 unspecified atom stereocenters. The molecule has 0 aliphatic carbocycles. The zero-order valence-corrected chi connectivity index (χ0v) is 38.5. The predicted molar refractivity (Wildman–Crippen MR) is 241 cm³/mol. The molecule has 0 aliphatic rings. The minimum absolute atomic E-state index is 0. The number of benzene rings is 4. The molecule has 0 spiro atoms. The fraction of sp³-hybridized carbons (Fsp3) is 0.231. The Morgan fingerprint density at radius 2 is 0.966 bits per heavy atom. The minimum Gasteiger partial charge on any atom is -0.443 e. The summed E-state index contributed by atoms with van der Waals surface area (Å²) >= 11 is 0. The van der Waals surface area contributed by atoms with Crippen molar-refractivity contribution in [1.82, 2.24) is 19.9 Å². The van der Waals surface area contributed by atoms with E-state index in [0.717, 1.165) is 32.7 Å². The number of hydrogen-bond acceptors (Lipinski definition) is 4. The summed E-state index contributed by atoms with van der Waals surface area (Å²) in [7, 11) is 0. The van der Waals surface area contributed by atoms with Gasteiger partial charge in [-0.05, 0) is 108 Å². The molecular weight excluding hydrogens is 774 g/mol. The third kappa shape index (κ3) is 9.75. The van der Waals surface area contributed by atoms with Crippen molar-refractivity contribution in [3.63, 3.8) is 0 Å². The van der Waals surface area contributed by atoms with Crippen molar-refractivity contribution in [3.05, 3.63) is 179 Å². The SMILES string of the molecule is CC(C)c1cccc(C(C)C)c1-c1ccnc(N=c2cc(-c3c(C(C)C)cccc3C(C)C)cc[n-]2)c1.[Zn+2].c1ccc2c(N=c3[n-]ccc4ccccc34)nccc2c1. The van der Waals surface area contributed by atoms with Crippen LogP contribution in [0.25, 0.3) is 43.8 Å². The first-order valence-electron chi connectivity index (χ1n) is 20.4. The Labute approximate surface area is 361 Å². The van der Waals surface area contributed by atoms with E-state index in [-0.39, 0.29) is 19.5 Å². The summed E-state index contributed by atoms with van der Waals surface area (Å²) in [5.74, 6) is 3.09. The van der Waals surface area contributed by atoms with Crippen molar-refractivity contribution in [1.29, 1.82) is 0 Å². The topological polar surface area (TPSA) is 78.7 Å². The molecular formula is C52H52N6Zn. The van der Waals surface area contributed by atoms with Gasteiger partial charge in [-0.2, -0.15) is 0 Å².